The van der Waals surface area contributed by atoms with E-state index in [-0.39, 0.29) is 0 Å². The minimum Gasteiger partial charge on any atom is -0.278 e. The third kappa shape index (κ3) is 6.72. The Hall–Kier alpha value is -8.97. The lowest BCUT2D eigenvalue weighted by Gasteiger charge is -2.35. The molecule has 0 saturated carbocycles. The lowest BCUT2D eigenvalue weighted by atomic mass is 10.0. The summed E-state index contributed by atoms with van der Waals surface area (Å²) in [6, 6.07) is 94.0. The Morgan fingerprint density at radius 3 is 1.12 bits per heavy atom. The van der Waals surface area contributed by atoms with Crippen LogP contribution in [0.5, 0.6) is 0 Å². The van der Waals surface area contributed by atoms with Gasteiger partial charge in [0.2, 0.25) is 11.9 Å². The Kier molecular flexibility index (Phi) is 9.77. The average Bonchev–Trinajstić information content (AvgIpc) is 3.95. The zero-order valence-electron chi connectivity index (χ0n) is 37.6. The molecule has 3 heterocycles. The standard InChI is InChI=1S/C63H43N5Si/c1-5-21-44(22-6-1)46-25-19-31-51(41-46)69(49-27-9-3-10-28-49,50-29-11-4-12-30-50)52-32-20-26-48(42-52)61-64-62(67-57-36-16-13-33-53(57)54-34-14-17-37-58(54)67)66-63(65-61)68-59-38-18-15-35-55(59)56-43-47(39-40-60(56)68)45-23-7-2-8-24-45/h1-43H. The molecule has 0 spiro atoms. The first-order valence-corrected chi connectivity index (χ1v) is 25.4. The third-order valence-electron chi connectivity index (χ3n) is 13.7. The van der Waals surface area contributed by atoms with Crippen molar-refractivity contribution in [2.24, 2.45) is 0 Å². The van der Waals surface area contributed by atoms with Gasteiger partial charge in [0.25, 0.3) is 0 Å². The van der Waals surface area contributed by atoms with Gasteiger partial charge in [-0.05, 0) is 73.3 Å². The van der Waals surface area contributed by atoms with E-state index < -0.39 is 8.07 Å². The Balaban J connectivity index is 1.09. The summed E-state index contributed by atoms with van der Waals surface area (Å²) in [6.45, 7) is 0. The Morgan fingerprint density at radius 2 is 0.609 bits per heavy atom. The van der Waals surface area contributed by atoms with Crippen LogP contribution in [0.2, 0.25) is 0 Å². The number of rotatable bonds is 9. The number of hydrogen-bond donors (Lipinski definition) is 0. The zero-order chi connectivity index (χ0) is 45.7. The first kappa shape index (κ1) is 40.3. The van der Waals surface area contributed by atoms with E-state index in [4.69, 9.17) is 15.0 Å². The molecule has 13 aromatic rings. The van der Waals surface area contributed by atoms with Crippen molar-refractivity contribution < 1.29 is 0 Å². The number of fused-ring (bicyclic) bond motifs is 6. The van der Waals surface area contributed by atoms with Gasteiger partial charge in [0.05, 0.1) is 22.1 Å². The van der Waals surface area contributed by atoms with Crippen molar-refractivity contribution >= 4 is 72.4 Å². The van der Waals surface area contributed by atoms with Crippen molar-refractivity contribution in [1.29, 1.82) is 0 Å². The van der Waals surface area contributed by atoms with Gasteiger partial charge in [-0.25, -0.2) is 0 Å². The second kappa shape index (κ2) is 16.7. The first-order valence-electron chi connectivity index (χ1n) is 23.4. The van der Waals surface area contributed by atoms with E-state index in [2.05, 4.69) is 270 Å². The summed E-state index contributed by atoms with van der Waals surface area (Å²) in [4.78, 5) is 16.5. The molecule has 6 heteroatoms. The van der Waals surface area contributed by atoms with Gasteiger partial charge in [-0.1, -0.05) is 231 Å². The van der Waals surface area contributed by atoms with Gasteiger partial charge in [-0.3, -0.25) is 9.13 Å². The summed E-state index contributed by atoms with van der Waals surface area (Å²) in [6.07, 6.45) is 0. The second-order valence-corrected chi connectivity index (χ2v) is 21.4. The van der Waals surface area contributed by atoms with E-state index in [0.29, 0.717) is 17.7 Å². The normalized spacial score (nSPS) is 11.8. The van der Waals surface area contributed by atoms with Crippen LogP contribution in [0, 0.1) is 0 Å². The van der Waals surface area contributed by atoms with Crippen molar-refractivity contribution in [2.75, 3.05) is 0 Å². The maximum Gasteiger partial charge on any atom is 0.240 e. The summed E-state index contributed by atoms with van der Waals surface area (Å²) in [5.41, 5.74) is 9.72. The van der Waals surface area contributed by atoms with Crippen molar-refractivity contribution in [3.05, 3.63) is 261 Å². The van der Waals surface area contributed by atoms with Crippen LogP contribution in [0.3, 0.4) is 0 Å². The van der Waals surface area contributed by atoms with Crippen LogP contribution >= 0.6 is 0 Å². The molecule has 0 aliphatic carbocycles. The Bertz CT molecular complexity index is 3920. The number of hydrogen-bond acceptors (Lipinski definition) is 3. The molecule has 69 heavy (non-hydrogen) atoms. The van der Waals surface area contributed by atoms with Gasteiger partial charge >= 0.3 is 0 Å². The molecule has 0 unspecified atom stereocenters. The van der Waals surface area contributed by atoms with Crippen molar-refractivity contribution in [1.82, 2.24) is 24.1 Å². The van der Waals surface area contributed by atoms with Crippen LogP contribution < -0.4 is 20.7 Å². The van der Waals surface area contributed by atoms with Gasteiger partial charge in [0, 0.05) is 27.1 Å². The quantitative estimate of drug-likeness (QED) is 0.107. The van der Waals surface area contributed by atoms with Gasteiger partial charge in [0.15, 0.2) is 13.9 Å². The average molecular weight is 898 g/mol. The summed E-state index contributed by atoms with van der Waals surface area (Å²) in [5, 5.41) is 9.66. The molecule has 0 aliphatic rings. The van der Waals surface area contributed by atoms with E-state index >= 15 is 0 Å². The molecule has 0 saturated heterocycles. The minimum absolute atomic E-state index is 0.547. The Labute approximate surface area is 400 Å². The monoisotopic (exact) mass is 897 g/mol. The molecule has 0 N–H and O–H groups in total. The van der Waals surface area contributed by atoms with Gasteiger partial charge in [0.1, 0.15) is 0 Å². The molecule has 0 atom stereocenters. The zero-order valence-corrected chi connectivity index (χ0v) is 38.6. The predicted molar refractivity (Wildman–Crippen MR) is 288 cm³/mol. The highest BCUT2D eigenvalue weighted by Gasteiger charge is 2.42. The second-order valence-electron chi connectivity index (χ2n) is 17.6. The van der Waals surface area contributed by atoms with Gasteiger partial charge in [-0.15, -0.1) is 0 Å². The van der Waals surface area contributed by atoms with E-state index in [1.165, 1.54) is 37.4 Å². The number of aromatic nitrogens is 5. The van der Waals surface area contributed by atoms with Crippen LogP contribution in [0.25, 0.3) is 89.2 Å². The maximum atomic E-state index is 5.54. The fraction of sp³-hybridized carbons (Fsp3) is 0. The van der Waals surface area contributed by atoms with Gasteiger partial charge < -0.3 is 0 Å². The predicted octanol–water partition coefficient (Wildman–Crippen LogP) is 12.4. The molecule has 0 fully saturated rings. The van der Waals surface area contributed by atoms with Crippen LogP contribution in [0.1, 0.15) is 0 Å². The molecule has 0 aliphatic heterocycles. The molecule has 5 nitrogen and oxygen atoms in total. The topological polar surface area (TPSA) is 48.5 Å². The lowest BCUT2D eigenvalue weighted by molar-refractivity contribution is 0.893. The first-order chi connectivity index (χ1) is 34.2. The van der Waals surface area contributed by atoms with Gasteiger partial charge in [-0.2, -0.15) is 15.0 Å². The molecule has 13 rings (SSSR count). The molecule has 0 bridgehead atoms. The summed E-state index contributed by atoms with van der Waals surface area (Å²) in [5.74, 6) is 1.69. The molecular formula is C63H43N5Si. The van der Waals surface area contributed by atoms with Crippen LogP contribution in [0.15, 0.2) is 261 Å². The van der Waals surface area contributed by atoms with E-state index in [9.17, 15) is 0 Å². The lowest BCUT2D eigenvalue weighted by Crippen LogP contribution is -2.74. The highest BCUT2D eigenvalue weighted by molar-refractivity contribution is 7.20. The Morgan fingerprint density at radius 1 is 0.246 bits per heavy atom. The fourth-order valence-corrected chi connectivity index (χ4v) is 15.5. The number of nitrogens with zero attached hydrogens (tertiary/aromatic N) is 5. The molecular weight excluding hydrogens is 855 g/mol. The molecule has 10 aromatic carbocycles. The molecule has 324 valence electrons. The van der Waals surface area contributed by atoms with E-state index in [0.717, 1.165) is 54.7 Å². The minimum atomic E-state index is -3.02. The van der Waals surface area contributed by atoms with Crippen LogP contribution in [0.4, 0.5) is 0 Å². The molecule has 0 radical (unpaired) electrons. The summed E-state index contributed by atoms with van der Waals surface area (Å²) >= 11 is 0. The van der Waals surface area contributed by atoms with Crippen molar-refractivity contribution in [3.8, 4) is 45.5 Å². The van der Waals surface area contributed by atoms with Crippen molar-refractivity contribution in [3.63, 3.8) is 0 Å². The summed E-state index contributed by atoms with van der Waals surface area (Å²) < 4.78 is 4.42. The van der Waals surface area contributed by atoms with Crippen LogP contribution in [-0.2, 0) is 0 Å². The largest absolute Gasteiger partial charge is 0.278 e. The SMILES string of the molecule is c1ccc(-c2cccc([Si](c3ccccc3)(c3ccccc3)c3cccc(-c4nc(-n5c6ccccc6c6ccccc65)nc(-n5c6ccccc6c6cc(-c7ccccc7)ccc65)n4)c3)c2)cc1. The smallest absolute Gasteiger partial charge is 0.240 e. The number of para-hydroxylation sites is 3. The fourth-order valence-electron chi connectivity index (χ4n) is 10.7. The van der Waals surface area contributed by atoms with E-state index in [1.807, 2.05) is 0 Å². The molecule has 3 aromatic heterocycles. The number of benzene rings is 10. The highest BCUT2D eigenvalue weighted by Crippen LogP contribution is 2.36. The third-order valence-corrected chi connectivity index (χ3v) is 18.5. The maximum absolute atomic E-state index is 5.54. The van der Waals surface area contributed by atoms with Crippen LogP contribution in [-0.4, -0.2) is 32.2 Å². The summed E-state index contributed by atoms with van der Waals surface area (Å²) in [7, 11) is -3.02. The van der Waals surface area contributed by atoms with Crippen molar-refractivity contribution in [2.45, 2.75) is 0 Å². The van der Waals surface area contributed by atoms with E-state index in [1.54, 1.807) is 0 Å². The highest BCUT2D eigenvalue weighted by atomic mass is 28.3. The molecule has 0 amide bonds.